The van der Waals surface area contributed by atoms with E-state index >= 15 is 0 Å². The van der Waals surface area contributed by atoms with Crippen molar-refractivity contribution in [3.63, 3.8) is 0 Å². The lowest BCUT2D eigenvalue weighted by Gasteiger charge is -2.06. The highest BCUT2D eigenvalue weighted by Crippen LogP contribution is 2.19. The van der Waals surface area contributed by atoms with Gasteiger partial charge in [-0.1, -0.05) is 29.3 Å². The number of anilines is 1. The minimum Gasteiger partial charge on any atom is -0.322 e. The molecule has 0 saturated carbocycles. The molecule has 0 aliphatic carbocycles. The first kappa shape index (κ1) is 12.6. The van der Waals surface area contributed by atoms with Gasteiger partial charge < -0.3 is 5.32 Å². The Labute approximate surface area is 109 Å². The first-order valence-corrected chi connectivity index (χ1v) is 5.77. The predicted molar refractivity (Wildman–Crippen MR) is 70.5 cm³/mol. The van der Waals surface area contributed by atoms with Crippen LogP contribution in [0.1, 0.15) is 15.9 Å². The molecule has 0 aromatic heterocycles. The van der Waals surface area contributed by atoms with Crippen molar-refractivity contribution in [2.24, 2.45) is 0 Å². The number of aryl methyl sites for hydroxylation is 1. The van der Waals surface area contributed by atoms with Crippen LogP contribution in [0.3, 0.4) is 0 Å². The lowest BCUT2D eigenvalue weighted by Crippen LogP contribution is -2.12. The Kier molecular flexibility index (Phi) is 3.63. The van der Waals surface area contributed by atoms with Crippen LogP contribution in [0.5, 0.6) is 0 Å². The molecule has 18 heavy (non-hydrogen) atoms. The molecule has 92 valence electrons. The summed E-state index contributed by atoms with van der Waals surface area (Å²) < 4.78 is 13.2. The summed E-state index contributed by atoms with van der Waals surface area (Å²) in [5.41, 5.74) is 1.90. The van der Waals surface area contributed by atoms with E-state index in [1.165, 1.54) is 12.1 Å². The molecule has 1 amide bonds. The maximum Gasteiger partial charge on any atom is 0.255 e. The Morgan fingerprint density at radius 3 is 2.67 bits per heavy atom. The van der Waals surface area contributed by atoms with E-state index in [4.69, 9.17) is 11.6 Å². The third kappa shape index (κ3) is 2.87. The van der Waals surface area contributed by atoms with Crippen molar-refractivity contribution in [1.82, 2.24) is 0 Å². The molecule has 0 heterocycles. The third-order valence-electron chi connectivity index (χ3n) is 2.46. The minimum absolute atomic E-state index is 0.0311. The van der Waals surface area contributed by atoms with Crippen LogP contribution in [0.2, 0.25) is 5.02 Å². The van der Waals surface area contributed by atoms with E-state index in [1.54, 1.807) is 24.3 Å². The van der Waals surface area contributed by atoms with E-state index in [-0.39, 0.29) is 10.9 Å². The van der Waals surface area contributed by atoms with Crippen LogP contribution in [-0.2, 0) is 0 Å². The highest BCUT2D eigenvalue weighted by atomic mass is 35.5. The van der Waals surface area contributed by atoms with E-state index < -0.39 is 5.82 Å². The number of halogens is 2. The zero-order chi connectivity index (χ0) is 13.1. The summed E-state index contributed by atoms with van der Waals surface area (Å²) in [5, 5.41) is 2.65. The van der Waals surface area contributed by atoms with Crippen LogP contribution in [0, 0.1) is 12.7 Å². The summed E-state index contributed by atoms with van der Waals surface area (Å²) in [6.45, 7) is 1.90. The van der Waals surface area contributed by atoms with Crippen LogP contribution >= 0.6 is 11.6 Å². The molecule has 0 saturated heterocycles. The summed E-state index contributed by atoms with van der Waals surface area (Å²) in [6, 6.07) is 11.3. The standard InChI is InChI=1S/C14H11ClFNO/c1-9-3-2-4-10(7-9)14(18)17-11-5-6-12(15)13(16)8-11/h2-8H,1H3,(H,17,18). The SMILES string of the molecule is Cc1cccc(C(=O)Nc2ccc(Cl)c(F)c2)c1. The van der Waals surface area contributed by atoms with Gasteiger partial charge in [-0.3, -0.25) is 4.79 Å². The molecular formula is C14H11ClFNO. The molecule has 0 unspecified atom stereocenters. The van der Waals surface area contributed by atoms with Crippen LogP contribution in [0.4, 0.5) is 10.1 Å². The van der Waals surface area contributed by atoms with Crippen molar-refractivity contribution >= 4 is 23.2 Å². The fourth-order valence-corrected chi connectivity index (χ4v) is 1.68. The van der Waals surface area contributed by atoms with Crippen molar-refractivity contribution in [3.05, 3.63) is 64.4 Å². The highest BCUT2D eigenvalue weighted by molar-refractivity contribution is 6.30. The highest BCUT2D eigenvalue weighted by Gasteiger charge is 2.07. The predicted octanol–water partition coefficient (Wildman–Crippen LogP) is 4.04. The van der Waals surface area contributed by atoms with Crippen LogP contribution < -0.4 is 5.32 Å². The second-order valence-electron chi connectivity index (χ2n) is 3.95. The van der Waals surface area contributed by atoms with E-state index in [9.17, 15) is 9.18 Å². The minimum atomic E-state index is -0.557. The molecule has 0 fully saturated rings. The Morgan fingerprint density at radius 1 is 1.22 bits per heavy atom. The molecule has 4 heteroatoms. The molecule has 2 rings (SSSR count). The van der Waals surface area contributed by atoms with E-state index in [2.05, 4.69) is 5.32 Å². The molecule has 0 atom stereocenters. The van der Waals surface area contributed by atoms with Crippen LogP contribution in [-0.4, -0.2) is 5.91 Å². The Balaban J connectivity index is 2.18. The molecule has 0 bridgehead atoms. The van der Waals surface area contributed by atoms with Crippen molar-refractivity contribution in [2.45, 2.75) is 6.92 Å². The number of amides is 1. The Bertz CT molecular complexity index is 598. The molecular weight excluding hydrogens is 253 g/mol. The number of carbonyl (C=O) groups excluding carboxylic acids is 1. The second-order valence-corrected chi connectivity index (χ2v) is 4.36. The normalized spacial score (nSPS) is 10.2. The summed E-state index contributed by atoms with van der Waals surface area (Å²) in [5.74, 6) is -0.834. The van der Waals surface area contributed by atoms with Gasteiger partial charge in [0.05, 0.1) is 5.02 Å². The monoisotopic (exact) mass is 263 g/mol. The smallest absolute Gasteiger partial charge is 0.255 e. The molecule has 1 N–H and O–H groups in total. The van der Waals surface area contributed by atoms with Gasteiger partial charge in [0, 0.05) is 11.3 Å². The van der Waals surface area contributed by atoms with Crippen molar-refractivity contribution < 1.29 is 9.18 Å². The maximum atomic E-state index is 13.2. The van der Waals surface area contributed by atoms with Gasteiger partial charge in [0.15, 0.2) is 0 Å². The van der Waals surface area contributed by atoms with Gasteiger partial charge >= 0.3 is 0 Å². The molecule has 0 aliphatic rings. The molecule has 0 aliphatic heterocycles. The number of hydrogen-bond acceptors (Lipinski definition) is 1. The largest absolute Gasteiger partial charge is 0.322 e. The molecule has 0 radical (unpaired) electrons. The first-order valence-electron chi connectivity index (χ1n) is 5.39. The quantitative estimate of drug-likeness (QED) is 0.870. The zero-order valence-electron chi connectivity index (χ0n) is 9.71. The maximum absolute atomic E-state index is 13.2. The molecule has 2 aromatic rings. The average Bonchev–Trinajstić information content (AvgIpc) is 2.34. The van der Waals surface area contributed by atoms with Gasteiger partial charge in [-0.25, -0.2) is 4.39 Å². The van der Waals surface area contributed by atoms with Crippen molar-refractivity contribution in [2.75, 3.05) is 5.32 Å². The number of carbonyl (C=O) groups is 1. The summed E-state index contributed by atoms with van der Waals surface area (Å²) in [4.78, 5) is 11.9. The van der Waals surface area contributed by atoms with Gasteiger partial charge in [0.25, 0.3) is 5.91 Å². The Hall–Kier alpha value is -1.87. The van der Waals surface area contributed by atoms with E-state index in [1.807, 2.05) is 13.0 Å². The Morgan fingerprint density at radius 2 is 2.00 bits per heavy atom. The average molecular weight is 264 g/mol. The molecule has 2 aromatic carbocycles. The van der Waals surface area contributed by atoms with Gasteiger partial charge in [-0.05, 0) is 37.3 Å². The second kappa shape index (κ2) is 5.19. The van der Waals surface area contributed by atoms with Crippen molar-refractivity contribution in [3.8, 4) is 0 Å². The lowest BCUT2D eigenvalue weighted by atomic mass is 10.1. The molecule has 2 nitrogen and oxygen atoms in total. The number of benzene rings is 2. The summed E-state index contributed by atoms with van der Waals surface area (Å²) in [6.07, 6.45) is 0. The fourth-order valence-electron chi connectivity index (χ4n) is 1.56. The number of hydrogen-bond donors (Lipinski definition) is 1. The van der Waals surface area contributed by atoms with E-state index in [0.29, 0.717) is 11.3 Å². The van der Waals surface area contributed by atoms with Crippen molar-refractivity contribution in [1.29, 1.82) is 0 Å². The summed E-state index contributed by atoms with van der Waals surface area (Å²) in [7, 11) is 0. The van der Waals surface area contributed by atoms with Gasteiger partial charge in [-0.2, -0.15) is 0 Å². The van der Waals surface area contributed by atoms with Crippen LogP contribution in [0.25, 0.3) is 0 Å². The third-order valence-corrected chi connectivity index (χ3v) is 2.76. The zero-order valence-corrected chi connectivity index (χ0v) is 10.5. The van der Waals surface area contributed by atoms with Gasteiger partial charge in [0.2, 0.25) is 0 Å². The fraction of sp³-hybridized carbons (Fsp3) is 0.0714. The van der Waals surface area contributed by atoms with Crippen LogP contribution in [0.15, 0.2) is 42.5 Å². The molecule has 0 spiro atoms. The lowest BCUT2D eigenvalue weighted by molar-refractivity contribution is 0.102. The number of nitrogens with one attached hydrogen (secondary N) is 1. The van der Waals surface area contributed by atoms with E-state index in [0.717, 1.165) is 5.56 Å². The summed E-state index contributed by atoms with van der Waals surface area (Å²) >= 11 is 5.57. The topological polar surface area (TPSA) is 29.1 Å². The van der Waals surface area contributed by atoms with Gasteiger partial charge in [0.1, 0.15) is 5.82 Å². The first-order chi connectivity index (χ1) is 8.56. The number of rotatable bonds is 2. The van der Waals surface area contributed by atoms with Gasteiger partial charge in [-0.15, -0.1) is 0 Å².